The summed E-state index contributed by atoms with van der Waals surface area (Å²) in [6, 6.07) is 7.40. The second-order valence-corrected chi connectivity index (χ2v) is 6.26. The zero-order valence-electron chi connectivity index (χ0n) is 10.9. The molecule has 1 amide bonds. The minimum Gasteiger partial charge on any atom is -0.378 e. The van der Waals surface area contributed by atoms with Crippen LogP contribution in [0.2, 0.25) is 5.02 Å². The Balaban J connectivity index is 1.83. The van der Waals surface area contributed by atoms with E-state index in [-0.39, 0.29) is 11.4 Å². The fourth-order valence-corrected chi connectivity index (χ4v) is 2.88. The number of nitrogens with zero attached hydrogens (tertiary/aromatic N) is 1. The second kappa shape index (κ2) is 3.97. The summed E-state index contributed by atoms with van der Waals surface area (Å²) in [5.74, 6) is -0.0785. The molecule has 1 aromatic carbocycles. The van der Waals surface area contributed by atoms with Crippen molar-refractivity contribution in [3.8, 4) is 0 Å². The minimum atomic E-state index is -0.835. The molecule has 3 rings (SSSR count). The highest BCUT2D eigenvalue weighted by Gasteiger charge is 2.56. The van der Waals surface area contributed by atoms with Crippen molar-refractivity contribution in [2.24, 2.45) is 5.16 Å². The van der Waals surface area contributed by atoms with Gasteiger partial charge in [0, 0.05) is 23.4 Å². The summed E-state index contributed by atoms with van der Waals surface area (Å²) >= 11 is 5.86. The molecular weight excluding hydrogens is 264 g/mol. The number of carbonyl (C=O) groups excluding carboxylic acids is 1. The number of nitrogens with one attached hydrogen (secondary N) is 1. The van der Waals surface area contributed by atoms with Crippen molar-refractivity contribution < 1.29 is 9.63 Å². The first-order valence-electron chi connectivity index (χ1n) is 6.24. The molecule has 0 aliphatic carbocycles. The van der Waals surface area contributed by atoms with Gasteiger partial charge in [0.05, 0.1) is 5.71 Å². The van der Waals surface area contributed by atoms with E-state index in [9.17, 15) is 4.79 Å². The number of hydrogen-bond acceptors (Lipinski definition) is 3. The Morgan fingerprint density at radius 3 is 2.58 bits per heavy atom. The van der Waals surface area contributed by atoms with E-state index in [1.807, 2.05) is 38.1 Å². The van der Waals surface area contributed by atoms with Gasteiger partial charge in [-0.05, 0) is 31.5 Å². The maximum Gasteiger partial charge on any atom is 0.267 e. The van der Waals surface area contributed by atoms with Gasteiger partial charge in [-0.15, -0.1) is 0 Å². The molecule has 0 radical (unpaired) electrons. The summed E-state index contributed by atoms with van der Waals surface area (Å²) in [5.41, 5.74) is 0.656. The van der Waals surface area contributed by atoms with E-state index in [1.165, 1.54) is 0 Å². The van der Waals surface area contributed by atoms with Gasteiger partial charge in [-0.3, -0.25) is 4.79 Å². The Bertz CT molecular complexity index is 565. The van der Waals surface area contributed by atoms with Crippen LogP contribution in [0.5, 0.6) is 0 Å². The van der Waals surface area contributed by atoms with Crippen LogP contribution in [0.25, 0.3) is 0 Å². The lowest BCUT2D eigenvalue weighted by Gasteiger charge is -2.19. The fourth-order valence-electron chi connectivity index (χ4n) is 2.75. The predicted octanol–water partition coefficient (Wildman–Crippen LogP) is 2.50. The van der Waals surface area contributed by atoms with Crippen LogP contribution in [-0.4, -0.2) is 22.8 Å². The highest BCUT2D eigenvalue weighted by molar-refractivity contribution is 6.30. The Morgan fingerprint density at radius 1 is 1.32 bits per heavy atom. The third-order valence-corrected chi connectivity index (χ3v) is 3.81. The van der Waals surface area contributed by atoms with Gasteiger partial charge in [-0.25, -0.2) is 0 Å². The van der Waals surface area contributed by atoms with Gasteiger partial charge in [0.25, 0.3) is 5.91 Å². The lowest BCUT2D eigenvalue weighted by atomic mass is 9.87. The molecule has 2 aliphatic rings. The summed E-state index contributed by atoms with van der Waals surface area (Å²) in [6.07, 6.45) is 1.13. The number of hydrogen-bond donors (Lipinski definition) is 1. The summed E-state index contributed by atoms with van der Waals surface area (Å²) in [6.45, 7) is 3.98. The number of oxime groups is 1. The molecule has 0 aromatic heterocycles. The quantitative estimate of drug-likeness (QED) is 0.858. The third kappa shape index (κ3) is 2.10. The van der Waals surface area contributed by atoms with Gasteiger partial charge in [0.1, 0.15) is 0 Å². The Hall–Kier alpha value is -1.55. The second-order valence-electron chi connectivity index (χ2n) is 5.82. The van der Waals surface area contributed by atoms with E-state index in [4.69, 9.17) is 16.4 Å². The third-order valence-electron chi connectivity index (χ3n) is 3.55. The van der Waals surface area contributed by atoms with E-state index < -0.39 is 5.60 Å². The zero-order valence-corrected chi connectivity index (χ0v) is 11.6. The van der Waals surface area contributed by atoms with Crippen LogP contribution in [0, 0.1) is 0 Å². The Labute approximate surface area is 116 Å². The van der Waals surface area contributed by atoms with Crippen LogP contribution in [0.1, 0.15) is 32.3 Å². The standard InChI is InChI=1S/C14H15ClN2O2/c1-13(2)8-14(12(18)16-13)7-11(17-19-14)9-3-5-10(15)6-4-9/h3-6H,7-8H2,1-2H3,(H,16,18)/t14-/m0/s1. The van der Waals surface area contributed by atoms with Crippen molar-refractivity contribution in [3.05, 3.63) is 34.9 Å². The topological polar surface area (TPSA) is 50.7 Å². The van der Waals surface area contributed by atoms with E-state index in [0.717, 1.165) is 11.3 Å². The number of carbonyl (C=O) groups is 1. The molecule has 5 heteroatoms. The van der Waals surface area contributed by atoms with Crippen LogP contribution in [0.15, 0.2) is 29.4 Å². The molecule has 0 unspecified atom stereocenters. The summed E-state index contributed by atoms with van der Waals surface area (Å²) in [4.78, 5) is 17.6. The summed E-state index contributed by atoms with van der Waals surface area (Å²) < 4.78 is 0. The maximum atomic E-state index is 12.1. The lowest BCUT2D eigenvalue weighted by molar-refractivity contribution is -0.138. The van der Waals surface area contributed by atoms with Gasteiger partial charge in [-0.1, -0.05) is 28.9 Å². The predicted molar refractivity (Wildman–Crippen MR) is 73.3 cm³/mol. The molecule has 0 bridgehead atoms. The number of halogens is 1. The first-order chi connectivity index (χ1) is 8.90. The molecule has 1 atom stereocenters. The lowest BCUT2D eigenvalue weighted by Crippen LogP contribution is -2.39. The molecule has 100 valence electrons. The van der Waals surface area contributed by atoms with Crippen molar-refractivity contribution in [2.75, 3.05) is 0 Å². The van der Waals surface area contributed by atoms with Crippen LogP contribution in [-0.2, 0) is 9.63 Å². The number of benzene rings is 1. The number of rotatable bonds is 1. The smallest absolute Gasteiger partial charge is 0.267 e. The molecule has 1 spiro atoms. The molecule has 4 nitrogen and oxygen atoms in total. The molecule has 1 N–H and O–H groups in total. The van der Waals surface area contributed by atoms with E-state index in [1.54, 1.807) is 0 Å². The van der Waals surface area contributed by atoms with Crippen LogP contribution in [0.3, 0.4) is 0 Å². The normalized spacial score (nSPS) is 28.2. The molecule has 0 saturated carbocycles. The maximum absolute atomic E-state index is 12.1. The average Bonchev–Trinajstić information content (AvgIpc) is 2.83. The van der Waals surface area contributed by atoms with Gasteiger partial charge in [-0.2, -0.15) is 0 Å². The zero-order chi connectivity index (χ0) is 13.7. The van der Waals surface area contributed by atoms with Gasteiger partial charge < -0.3 is 10.2 Å². The van der Waals surface area contributed by atoms with Crippen LogP contribution >= 0.6 is 11.6 Å². The van der Waals surface area contributed by atoms with Crippen molar-refractivity contribution in [1.29, 1.82) is 0 Å². The van der Waals surface area contributed by atoms with Crippen LogP contribution in [0.4, 0.5) is 0 Å². The summed E-state index contributed by atoms with van der Waals surface area (Å²) in [5, 5.41) is 7.73. The first kappa shape index (κ1) is 12.5. The van der Waals surface area contributed by atoms with E-state index >= 15 is 0 Å². The number of amides is 1. The Morgan fingerprint density at radius 2 is 2.00 bits per heavy atom. The minimum absolute atomic E-state index is 0.0785. The first-order valence-corrected chi connectivity index (χ1v) is 6.62. The van der Waals surface area contributed by atoms with Gasteiger partial charge in [0.2, 0.25) is 5.60 Å². The van der Waals surface area contributed by atoms with E-state index in [0.29, 0.717) is 17.9 Å². The average molecular weight is 279 g/mol. The highest BCUT2D eigenvalue weighted by atomic mass is 35.5. The largest absolute Gasteiger partial charge is 0.378 e. The van der Waals surface area contributed by atoms with Crippen molar-refractivity contribution in [3.63, 3.8) is 0 Å². The molecule has 1 aromatic rings. The monoisotopic (exact) mass is 278 g/mol. The molecule has 1 fully saturated rings. The Kier molecular flexibility index (Phi) is 2.61. The van der Waals surface area contributed by atoms with Gasteiger partial charge >= 0.3 is 0 Å². The van der Waals surface area contributed by atoms with Crippen molar-refractivity contribution in [1.82, 2.24) is 5.32 Å². The van der Waals surface area contributed by atoms with Gasteiger partial charge in [0.15, 0.2) is 0 Å². The fraction of sp³-hybridized carbons (Fsp3) is 0.429. The SMILES string of the molecule is CC1(C)C[C@@]2(CC(c3ccc(Cl)cc3)=NO2)C(=O)N1. The van der Waals surface area contributed by atoms with Crippen LogP contribution < -0.4 is 5.32 Å². The molecule has 19 heavy (non-hydrogen) atoms. The molecule has 2 heterocycles. The van der Waals surface area contributed by atoms with E-state index in [2.05, 4.69) is 10.5 Å². The summed E-state index contributed by atoms with van der Waals surface area (Å²) in [7, 11) is 0. The molecular formula is C14H15ClN2O2. The van der Waals surface area contributed by atoms with Crippen molar-refractivity contribution in [2.45, 2.75) is 37.8 Å². The molecule has 2 aliphatic heterocycles. The molecule has 1 saturated heterocycles. The van der Waals surface area contributed by atoms with Crippen molar-refractivity contribution >= 4 is 23.2 Å². The highest BCUT2D eigenvalue weighted by Crippen LogP contribution is 2.39.